The molecule has 106 valence electrons. The van der Waals surface area contributed by atoms with Crippen LogP contribution in [0.2, 0.25) is 0 Å². The summed E-state index contributed by atoms with van der Waals surface area (Å²) in [5.41, 5.74) is 3.93. The Morgan fingerprint density at radius 3 is 2.63 bits per heavy atom. The van der Waals surface area contributed by atoms with Crippen molar-refractivity contribution in [2.45, 2.75) is 53.0 Å². The van der Waals surface area contributed by atoms with Crippen LogP contribution < -0.4 is 10.1 Å². The fraction of sp³-hybridized carbons (Fsp3) is 0.688. The van der Waals surface area contributed by atoms with Gasteiger partial charge >= 0.3 is 0 Å². The quantitative estimate of drug-likeness (QED) is 0.855. The van der Waals surface area contributed by atoms with Crippen molar-refractivity contribution in [2.24, 2.45) is 5.41 Å². The Kier molecular flexibility index (Phi) is 4.14. The van der Waals surface area contributed by atoms with E-state index in [0.29, 0.717) is 11.5 Å². The first-order chi connectivity index (χ1) is 9.04. The summed E-state index contributed by atoms with van der Waals surface area (Å²) in [6.45, 7) is 9.69. The van der Waals surface area contributed by atoms with Crippen LogP contribution in [0.3, 0.4) is 0 Å². The predicted octanol–water partition coefficient (Wildman–Crippen LogP) is 3.03. The SMILES string of the molecule is CCNC(C)C1(Cc2ncc(C)c(OC)c2C)CC1. The Hall–Kier alpha value is -1.09. The number of hydrogen-bond donors (Lipinski definition) is 1. The molecule has 0 aliphatic heterocycles. The van der Waals surface area contributed by atoms with Crippen molar-refractivity contribution < 1.29 is 4.74 Å². The molecule has 1 fully saturated rings. The standard InChI is InChI=1S/C16H26N2O/c1-6-17-13(4)16(7-8-16)9-14-12(3)15(19-5)11(2)10-18-14/h10,13,17H,6-9H2,1-5H3. The smallest absolute Gasteiger partial charge is 0.128 e. The van der Waals surface area contributed by atoms with Crippen LogP contribution >= 0.6 is 0 Å². The van der Waals surface area contributed by atoms with Gasteiger partial charge in [-0.05, 0) is 52.0 Å². The Morgan fingerprint density at radius 2 is 2.11 bits per heavy atom. The number of aryl methyl sites for hydroxylation is 1. The minimum absolute atomic E-state index is 0.411. The Balaban J connectivity index is 2.20. The van der Waals surface area contributed by atoms with Crippen LogP contribution in [0.4, 0.5) is 0 Å². The van der Waals surface area contributed by atoms with Crippen LogP contribution in [0.15, 0.2) is 6.20 Å². The first-order valence-electron chi connectivity index (χ1n) is 7.26. The van der Waals surface area contributed by atoms with Gasteiger partial charge in [-0.15, -0.1) is 0 Å². The third-order valence-corrected chi connectivity index (χ3v) is 4.59. The van der Waals surface area contributed by atoms with Crippen LogP contribution in [0.25, 0.3) is 0 Å². The molecule has 1 saturated carbocycles. The highest BCUT2D eigenvalue weighted by Crippen LogP contribution is 2.51. The minimum atomic E-state index is 0.411. The van der Waals surface area contributed by atoms with Gasteiger partial charge in [-0.1, -0.05) is 6.92 Å². The third kappa shape index (κ3) is 2.76. The molecular formula is C16H26N2O. The molecule has 19 heavy (non-hydrogen) atoms. The molecule has 1 aromatic heterocycles. The van der Waals surface area contributed by atoms with Gasteiger partial charge < -0.3 is 10.1 Å². The molecule has 0 bridgehead atoms. The lowest BCUT2D eigenvalue weighted by Gasteiger charge is -2.25. The van der Waals surface area contributed by atoms with Gasteiger partial charge in [0.05, 0.1) is 7.11 Å². The molecule has 1 atom stereocenters. The molecule has 0 amide bonds. The summed E-state index contributed by atoms with van der Waals surface area (Å²) in [7, 11) is 1.74. The first-order valence-corrected chi connectivity index (χ1v) is 7.26. The number of nitrogens with zero attached hydrogens (tertiary/aromatic N) is 1. The molecular weight excluding hydrogens is 236 g/mol. The molecule has 1 aromatic rings. The van der Waals surface area contributed by atoms with E-state index in [2.05, 4.69) is 38.0 Å². The Labute approximate surface area is 116 Å². The van der Waals surface area contributed by atoms with Crippen LogP contribution in [-0.2, 0) is 6.42 Å². The number of methoxy groups -OCH3 is 1. The second-order valence-electron chi connectivity index (χ2n) is 5.86. The van der Waals surface area contributed by atoms with E-state index in [-0.39, 0.29) is 0 Å². The number of aromatic nitrogens is 1. The van der Waals surface area contributed by atoms with Gasteiger partial charge in [-0.25, -0.2) is 0 Å². The number of nitrogens with one attached hydrogen (secondary N) is 1. The average molecular weight is 262 g/mol. The average Bonchev–Trinajstić information content (AvgIpc) is 3.15. The number of hydrogen-bond acceptors (Lipinski definition) is 3. The zero-order valence-corrected chi connectivity index (χ0v) is 12.8. The molecule has 1 heterocycles. The number of rotatable bonds is 6. The van der Waals surface area contributed by atoms with Gasteiger partial charge in [-0.3, -0.25) is 4.98 Å². The summed E-state index contributed by atoms with van der Waals surface area (Å²) in [5, 5.41) is 3.57. The molecule has 1 aliphatic rings. The van der Waals surface area contributed by atoms with Gasteiger partial charge in [0.25, 0.3) is 0 Å². The highest BCUT2D eigenvalue weighted by Gasteiger charge is 2.47. The van der Waals surface area contributed by atoms with Gasteiger partial charge in [0.15, 0.2) is 0 Å². The number of pyridine rings is 1. The lowest BCUT2D eigenvalue weighted by atomic mass is 9.90. The van der Waals surface area contributed by atoms with E-state index in [4.69, 9.17) is 4.74 Å². The van der Waals surface area contributed by atoms with Crippen molar-refractivity contribution in [1.82, 2.24) is 10.3 Å². The highest BCUT2D eigenvalue weighted by molar-refractivity contribution is 5.41. The second-order valence-corrected chi connectivity index (χ2v) is 5.86. The number of ether oxygens (including phenoxy) is 1. The van der Waals surface area contributed by atoms with Crippen LogP contribution in [-0.4, -0.2) is 24.7 Å². The van der Waals surface area contributed by atoms with Crippen molar-refractivity contribution >= 4 is 0 Å². The van der Waals surface area contributed by atoms with Crippen molar-refractivity contribution in [1.29, 1.82) is 0 Å². The maximum atomic E-state index is 5.50. The molecule has 3 heteroatoms. The van der Waals surface area contributed by atoms with Crippen molar-refractivity contribution in [3.63, 3.8) is 0 Å². The van der Waals surface area contributed by atoms with Gasteiger partial charge in [-0.2, -0.15) is 0 Å². The minimum Gasteiger partial charge on any atom is -0.496 e. The normalized spacial score (nSPS) is 18.2. The first kappa shape index (κ1) is 14.3. The van der Waals surface area contributed by atoms with Crippen molar-refractivity contribution in [2.75, 3.05) is 13.7 Å². The van der Waals surface area contributed by atoms with Gasteiger partial charge in [0, 0.05) is 29.1 Å². The molecule has 0 aromatic carbocycles. The molecule has 1 unspecified atom stereocenters. The van der Waals surface area contributed by atoms with Crippen molar-refractivity contribution in [3.05, 3.63) is 23.0 Å². The van der Waals surface area contributed by atoms with Gasteiger partial charge in [0.2, 0.25) is 0 Å². The third-order valence-electron chi connectivity index (χ3n) is 4.59. The summed E-state index contributed by atoms with van der Waals surface area (Å²) in [6, 6.07) is 0.561. The molecule has 3 nitrogen and oxygen atoms in total. The molecule has 0 radical (unpaired) electrons. The molecule has 1 aliphatic carbocycles. The van der Waals surface area contributed by atoms with E-state index in [1.165, 1.54) is 24.1 Å². The zero-order chi connectivity index (χ0) is 14.0. The molecule has 0 spiro atoms. The maximum absolute atomic E-state index is 5.50. The maximum Gasteiger partial charge on any atom is 0.128 e. The van der Waals surface area contributed by atoms with Crippen LogP contribution in [0, 0.1) is 19.3 Å². The summed E-state index contributed by atoms with van der Waals surface area (Å²) < 4.78 is 5.50. The van der Waals surface area contributed by atoms with E-state index in [1.54, 1.807) is 7.11 Å². The molecule has 0 saturated heterocycles. The van der Waals surface area contributed by atoms with E-state index in [0.717, 1.165) is 24.3 Å². The monoisotopic (exact) mass is 262 g/mol. The van der Waals surface area contributed by atoms with Crippen molar-refractivity contribution in [3.8, 4) is 5.75 Å². The lowest BCUT2D eigenvalue weighted by Crippen LogP contribution is -2.36. The van der Waals surface area contributed by atoms with Gasteiger partial charge in [0.1, 0.15) is 5.75 Å². The summed E-state index contributed by atoms with van der Waals surface area (Å²) >= 11 is 0. The summed E-state index contributed by atoms with van der Waals surface area (Å²) in [6.07, 6.45) is 5.61. The Bertz CT molecular complexity index is 452. The fourth-order valence-corrected chi connectivity index (χ4v) is 3.03. The van der Waals surface area contributed by atoms with E-state index >= 15 is 0 Å². The summed E-state index contributed by atoms with van der Waals surface area (Å²) in [5.74, 6) is 0.997. The van der Waals surface area contributed by atoms with E-state index in [9.17, 15) is 0 Å². The predicted molar refractivity (Wildman–Crippen MR) is 78.8 cm³/mol. The molecule has 1 N–H and O–H groups in total. The second kappa shape index (κ2) is 5.49. The largest absolute Gasteiger partial charge is 0.496 e. The summed E-state index contributed by atoms with van der Waals surface area (Å²) in [4.78, 5) is 4.65. The van der Waals surface area contributed by atoms with Crippen LogP contribution in [0.5, 0.6) is 5.75 Å². The molecule has 2 rings (SSSR count). The fourth-order valence-electron chi connectivity index (χ4n) is 3.03. The van der Waals surface area contributed by atoms with E-state index < -0.39 is 0 Å². The Morgan fingerprint density at radius 1 is 1.42 bits per heavy atom. The zero-order valence-electron chi connectivity index (χ0n) is 12.8. The van der Waals surface area contributed by atoms with E-state index in [1.807, 2.05) is 6.20 Å². The lowest BCUT2D eigenvalue weighted by molar-refractivity contribution is 0.350. The topological polar surface area (TPSA) is 34.2 Å². The van der Waals surface area contributed by atoms with Crippen LogP contribution in [0.1, 0.15) is 43.5 Å². The highest BCUT2D eigenvalue weighted by atomic mass is 16.5.